The minimum atomic E-state index is 0.524. The van der Waals surface area contributed by atoms with Gasteiger partial charge in [-0.15, -0.1) is 0 Å². The minimum Gasteiger partial charge on any atom is -0.362 e. The van der Waals surface area contributed by atoms with Crippen molar-refractivity contribution in [1.82, 2.24) is 15.5 Å². The lowest BCUT2D eigenvalue weighted by molar-refractivity contribution is 0.240. The van der Waals surface area contributed by atoms with Crippen molar-refractivity contribution in [2.75, 3.05) is 26.7 Å². The van der Waals surface area contributed by atoms with Crippen LogP contribution in [0.3, 0.4) is 0 Å². The van der Waals surface area contributed by atoms with E-state index in [2.05, 4.69) is 36.4 Å². The lowest BCUT2D eigenvalue weighted by Crippen LogP contribution is -2.49. The maximum atomic E-state index is 5.25. The lowest BCUT2D eigenvalue weighted by Gasteiger charge is -2.31. The number of nitrogens with one attached hydrogen (secondary N) is 2. The maximum Gasteiger partial charge on any atom is 0.166 e. The standard InChI is InChI=1S/C11H23N3S/c1-9(2)7-12-11(15)13-10-5-4-6-14(3)8-10/h9-10H,4-8H2,1-3H3,(H2,12,13,15). The van der Waals surface area contributed by atoms with Crippen molar-refractivity contribution in [3.05, 3.63) is 0 Å². The highest BCUT2D eigenvalue weighted by molar-refractivity contribution is 7.80. The molecule has 4 heteroatoms. The van der Waals surface area contributed by atoms with Crippen molar-refractivity contribution in [1.29, 1.82) is 0 Å². The van der Waals surface area contributed by atoms with Crippen molar-refractivity contribution in [3.8, 4) is 0 Å². The van der Waals surface area contributed by atoms with Crippen LogP contribution in [0.4, 0.5) is 0 Å². The summed E-state index contributed by atoms with van der Waals surface area (Å²) in [5.41, 5.74) is 0. The molecule has 15 heavy (non-hydrogen) atoms. The largest absolute Gasteiger partial charge is 0.362 e. The molecule has 1 aliphatic rings. The van der Waals surface area contributed by atoms with E-state index in [0.29, 0.717) is 12.0 Å². The van der Waals surface area contributed by atoms with Gasteiger partial charge in [-0.3, -0.25) is 0 Å². The molecule has 0 aliphatic carbocycles. The van der Waals surface area contributed by atoms with Crippen LogP contribution in [0, 0.1) is 5.92 Å². The molecule has 88 valence electrons. The third-order valence-corrected chi connectivity index (χ3v) is 2.89. The van der Waals surface area contributed by atoms with Gasteiger partial charge in [0.05, 0.1) is 0 Å². The zero-order valence-electron chi connectivity index (χ0n) is 10.0. The highest BCUT2D eigenvalue weighted by Crippen LogP contribution is 2.07. The van der Waals surface area contributed by atoms with E-state index in [4.69, 9.17) is 12.2 Å². The fourth-order valence-corrected chi connectivity index (χ4v) is 2.07. The molecule has 0 aromatic rings. The van der Waals surface area contributed by atoms with Gasteiger partial charge in [-0.2, -0.15) is 0 Å². The van der Waals surface area contributed by atoms with Crippen molar-refractivity contribution < 1.29 is 0 Å². The Hall–Kier alpha value is -0.350. The van der Waals surface area contributed by atoms with Gasteiger partial charge in [-0.25, -0.2) is 0 Å². The van der Waals surface area contributed by atoms with Crippen LogP contribution in [0.1, 0.15) is 26.7 Å². The van der Waals surface area contributed by atoms with Crippen molar-refractivity contribution in [3.63, 3.8) is 0 Å². The lowest BCUT2D eigenvalue weighted by atomic mass is 10.1. The Kier molecular flexibility index (Phi) is 5.32. The van der Waals surface area contributed by atoms with Crippen LogP contribution in [0.2, 0.25) is 0 Å². The first-order valence-electron chi connectivity index (χ1n) is 5.81. The summed E-state index contributed by atoms with van der Waals surface area (Å²) in [7, 11) is 2.17. The van der Waals surface area contributed by atoms with Crippen LogP contribution in [-0.4, -0.2) is 42.7 Å². The monoisotopic (exact) mass is 229 g/mol. The van der Waals surface area contributed by atoms with Crippen LogP contribution in [-0.2, 0) is 0 Å². The zero-order valence-corrected chi connectivity index (χ0v) is 10.9. The molecule has 0 radical (unpaired) electrons. The third kappa shape index (κ3) is 5.33. The molecule has 0 saturated carbocycles. The number of likely N-dealkylation sites (N-methyl/N-ethyl adjacent to an activating group) is 1. The van der Waals surface area contributed by atoms with E-state index in [1.165, 1.54) is 19.4 Å². The van der Waals surface area contributed by atoms with Crippen LogP contribution in [0.15, 0.2) is 0 Å². The second-order valence-corrected chi connectivity index (χ2v) is 5.26. The van der Waals surface area contributed by atoms with Crippen LogP contribution < -0.4 is 10.6 Å². The fraction of sp³-hybridized carbons (Fsp3) is 0.909. The molecule has 1 unspecified atom stereocenters. The molecule has 0 bridgehead atoms. The predicted octanol–water partition coefficient (Wildman–Crippen LogP) is 1.20. The number of thiocarbonyl (C=S) groups is 1. The number of rotatable bonds is 3. The second-order valence-electron chi connectivity index (χ2n) is 4.85. The Balaban J connectivity index is 2.19. The molecule has 0 spiro atoms. The summed E-state index contributed by atoms with van der Waals surface area (Å²) in [5.74, 6) is 0.638. The first kappa shape index (κ1) is 12.7. The minimum absolute atomic E-state index is 0.524. The quantitative estimate of drug-likeness (QED) is 0.711. The summed E-state index contributed by atoms with van der Waals surface area (Å²) in [6.07, 6.45) is 2.49. The molecule has 1 saturated heterocycles. The highest BCUT2D eigenvalue weighted by Gasteiger charge is 2.17. The maximum absolute atomic E-state index is 5.25. The summed E-state index contributed by atoms with van der Waals surface area (Å²) >= 11 is 5.25. The summed E-state index contributed by atoms with van der Waals surface area (Å²) in [6.45, 7) is 7.64. The first-order chi connectivity index (χ1) is 7.08. The van der Waals surface area contributed by atoms with Crippen molar-refractivity contribution >= 4 is 17.3 Å². The van der Waals surface area contributed by atoms with E-state index in [1.54, 1.807) is 0 Å². The Bertz CT molecular complexity index is 206. The van der Waals surface area contributed by atoms with E-state index in [-0.39, 0.29) is 0 Å². The molecule has 1 heterocycles. The molecule has 0 aromatic carbocycles. The van der Waals surface area contributed by atoms with Crippen LogP contribution >= 0.6 is 12.2 Å². The van der Waals surface area contributed by atoms with E-state index in [0.717, 1.165) is 18.2 Å². The van der Waals surface area contributed by atoms with Crippen LogP contribution in [0.5, 0.6) is 0 Å². The average Bonchev–Trinajstić information content (AvgIpc) is 2.15. The SMILES string of the molecule is CC(C)CNC(=S)NC1CCCN(C)C1. The molecular weight excluding hydrogens is 206 g/mol. The van der Waals surface area contributed by atoms with E-state index in [9.17, 15) is 0 Å². The molecule has 1 fully saturated rings. The van der Waals surface area contributed by atoms with Crippen molar-refractivity contribution in [2.24, 2.45) is 5.92 Å². The van der Waals surface area contributed by atoms with E-state index < -0.39 is 0 Å². The molecule has 1 atom stereocenters. The van der Waals surface area contributed by atoms with Gasteiger partial charge in [0.15, 0.2) is 5.11 Å². The van der Waals surface area contributed by atoms with Gasteiger partial charge in [-0.1, -0.05) is 13.8 Å². The Morgan fingerprint density at radius 2 is 2.27 bits per heavy atom. The Labute approximate surface area is 98.6 Å². The second kappa shape index (κ2) is 6.28. The van der Waals surface area contributed by atoms with Gasteiger partial charge in [-0.05, 0) is 44.6 Å². The summed E-state index contributed by atoms with van der Waals surface area (Å²) in [4.78, 5) is 2.35. The van der Waals surface area contributed by atoms with Crippen LogP contribution in [0.25, 0.3) is 0 Å². The Morgan fingerprint density at radius 1 is 1.53 bits per heavy atom. The van der Waals surface area contributed by atoms with Gasteiger partial charge in [0.25, 0.3) is 0 Å². The Morgan fingerprint density at radius 3 is 2.87 bits per heavy atom. The molecule has 1 aliphatic heterocycles. The zero-order chi connectivity index (χ0) is 11.3. The van der Waals surface area contributed by atoms with Gasteiger partial charge in [0, 0.05) is 19.1 Å². The molecule has 2 N–H and O–H groups in total. The summed E-state index contributed by atoms with van der Waals surface area (Å²) in [5, 5.41) is 7.44. The average molecular weight is 229 g/mol. The number of likely N-dealkylation sites (tertiary alicyclic amines) is 1. The molecule has 0 amide bonds. The van der Waals surface area contributed by atoms with E-state index >= 15 is 0 Å². The topological polar surface area (TPSA) is 27.3 Å². The summed E-state index contributed by atoms with van der Waals surface area (Å²) < 4.78 is 0. The summed E-state index contributed by atoms with van der Waals surface area (Å²) in [6, 6.07) is 0.524. The van der Waals surface area contributed by atoms with Gasteiger partial charge in [0.2, 0.25) is 0 Å². The van der Waals surface area contributed by atoms with E-state index in [1.807, 2.05) is 0 Å². The van der Waals surface area contributed by atoms with Gasteiger partial charge >= 0.3 is 0 Å². The molecule has 3 nitrogen and oxygen atoms in total. The van der Waals surface area contributed by atoms with Gasteiger partial charge < -0.3 is 15.5 Å². The predicted molar refractivity (Wildman–Crippen MR) is 69.1 cm³/mol. The number of piperidine rings is 1. The number of hydrogen-bond donors (Lipinski definition) is 2. The third-order valence-electron chi connectivity index (χ3n) is 2.63. The van der Waals surface area contributed by atoms with Gasteiger partial charge in [0.1, 0.15) is 0 Å². The smallest absolute Gasteiger partial charge is 0.166 e. The first-order valence-corrected chi connectivity index (χ1v) is 6.21. The molecular formula is C11H23N3S. The van der Waals surface area contributed by atoms with Crippen molar-refractivity contribution in [2.45, 2.75) is 32.7 Å². The molecule has 0 aromatic heterocycles. The number of nitrogens with zero attached hydrogens (tertiary/aromatic N) is 1. The number of hydrogen-bond acceptors (Lipinski definition) is 2. The fourth-order valence-electron chi connectivity index (χ4n) is 1.82. The highest BCUT2D eigenvalue weighted by atomic mass is 32.1. The molecule has 1 rings (SSSR count). The normalized spacial score (nSPS) is 22.8.